The first-order valence-corrected chi connectivity index (χ1v) is 27.4. The molecule has 0 atom stereocenters. The molecule has 0 aromatic heterocycles. The van der Waals surface area contributed by atoms with Gasteiger partial charge in [-0.2, -0.15) is 16.8 Å². The number of phenols is 2. The zero-order valence-electron chi connectivity index (χ0n) is 39.3. The third kappa shape index (κ3) is 10.1. The van der Waals surface area contributed by atoms with Crippen LogP contribution < -0.4 is 20.1 Å². The first kappa shape index (κ1) is 51.6. The highest BCUT2D eigenvalue weighted by molar-refractivity contribution is 7.93. The van der Waals surface area contributed by atoms with Gasteiger partial charge in [-0.25, -0.2) is 26.6 Å². The van der Waals surface area contributed by atoms with Gasteiger partial charge in [0.25, 0.3) is 40.3 Å². The number of nitrogens with one attached hydrogen (secondary N) is 3. The fourth-order valence-electron chi connectivity index (χ4n) is 8.64. The van der Waals surface area contributed by atoms with Crippen molar-refractivity contribution in [2.75, 3.05) is 14.8 Å². The minimum Gasteiger partial charge on any atom is -0.508 e. The summed E-state index contributed by atoms with van der Waals surface area (Å²) in [6.07, 6.45) is 0. The summed E-state index contributed by atoms with van der Waals surface area (Å²) in [6, 6.07) is 23.4. The SMILES string of the molecule is Cc1cc(C)c(NS(=O)(=O)c2ccc(O)c(C(=O)O)c2)c(C)c1/N=c1/cc2oc3cc(Nc4c(C)cc(C)c(NS(=O)(=O)c5ccc(O)cc5)c4C)ccc3c(-c3ccccc3S(=O)(=O)O)c-2cc1S(=O)(=O)O. The van der Waals surface area contributed by atoms with Crippen molar-refractivity contribution in [2.45, 2.75) is 61.1 Å². The van der Waals surface area contributed by atoms with E-state index in [2.05, 4.69) is 19.8 Å². The first-order valence-electron chi connectivity index (χ1n) is 21.6. The van der Waals surface area contributed by atoms with Crippen LogP contribution in [0.5, 0.6) is 11.5 Å². The van der Waals surface area contributed by atoms with Crippen LogP contribution in [-0.2, 0) is 40.3 Å². The summed E-state index contributed by atoms with van der Waals surface area (Å²) in [4.78, 5) is 14.5. The zero-order valence-corrected chi connectivity index (χ0v) is 42.6. The summed E-state index contributed by atoms with van der Waals surface area (Å²) in [5, 5.41) is 32.4. The number of carboxylic acids is 1. The lowest BCUT2D eigenvalue weighted by atomic mass is 9.93. The number of aromatic carboxylic acids is 1. The highest BCUT2D eigenvalue weighted by Crippen LogP contribution is 2.45. The number of anilines is 4. The number of hydrogen-bond donors (Lipinski definition) is 8. The second-order valence-corrected chi connectivity index (χ2v) is 23.3. The molecular formula is C50H44N4O15S4. The van der Waals surface area contributed by atoms with Crippen molar-refractivity contribution in [3.8, 4) is 33.9 Å². The molecule has 6 aromatic rings. The van der Waals surface area contributed by atoms with E-state index in [-0.39, 0.29) is 66.7 Å². The second-order valence-electron chi connectivity index (χ2n) is 17.1. The summed E-state index contributed by atoms with van der Waals surface area (Å²) in [5.74, 6) is -2.45. The molecule has 6 aromatic carbocycles. The van der Waals surface area contributed by atoms with Crippen molar-refractivity contribution in [1.82, 2.24) is 0 Å². The Kier molecular flexibility index (Phi) is 13.2. The second kappa shape index (κ2) is 18.7. The molecule has 378 valence electrons. The number of hydrogen-bond acceptors (Lipinski definition) is 14. The predicted molar refractivity (Wildman–Crippen MR) is 273 cm³/mol. The molecule has 0 saturated carbocycles. The van der Waals surface area contributed by atoms with Crippen LogP contribution >= 0.6 is 0 Å². The van der Waals surface area contributed by atoms with E-state index in [1.54, 1.807) is 58.0 Å². The van der Waals surface area contributed by atoms with Gasteiger partial charge < -0.3 is 25.1 Å². The van der Waals surface area contributed by atoms with Crippen LogP contribution in [0, 0.1) is 41.5 Å². The first-order chi connectivity index (χ1) is 34.0. The molecule has 19 nitrogen and oxygen atoms in total. The number of rotatable bonds is 13. The number of nitrogens with zero attached hydrogens (tertiary/aromatic N) is 1. The summed E-state index contributed by atoms with van der Waals surface area (Å²) >= 11 is 0. The Hall–Kier alpha value is -7.80. The average Bonchev–Trinajstić information content (AvgIpc) is 3.30. The number of carboxylic acid groups (broad SMARTS) is 1. The van der Waals surface area contributed by atoms with Gasteiger partial charge in [0.2, 0.25) is 0 Å². The molecule has 73 heavy (non-hydrogen) atoms. The number of carbonyl (C=O) groups is 1. The highest BCUT2D eigenvalue weighted by Gasteiger charge is 2.28. The van der Waals surface area contributed by atoms with Crippen LogP contribution in [0.25, 0.3) is 33.4 Å². The lowest BCUT2D eigenvalue weighted by molar-refractivity contribution is 0.0693. The normalized spacial score (nSPS) is 12.6. The number of sulfonamides is 2. The largest absolute Gasteiger partial charge is 0.508 e. The molecular weight excluding hydrogens is 1020 g/mol. The molecule has 1 aliphatic heterocycles. The summed E-state index contributed by atoms with van der Waals surface area (Å²) < 4.78 is 140. The van der Waals surface area contributed by atoms with Crippen LogP contribution in [0.3, 0.4) is 0 Å². The molecule has 0 saturated heterocycles. The van der Waals surface area contributed by atoms with Gasteiger partial charge in [0, 0.05) is 45.6 Å². The van der Waals surface area contributed by atoms with Crippen LogP contribution in [-0.4, -0.2) is 64.1 Å². The van der Waals surface area contributed by atoms with E-state index < -0.39 is 77.6 Å². The Labute approximate surface area is 419 Å². The zero-order chi connectivity index (χ0) is 53.3. The molecule has 8 N–H and O–H groups in total. The maximum atomic E-state index is 13.7. The monoisotopic (exact) mass is 1070 g/mol. The van der Waals surface area contributed by atoms with Gasteiger partial charge in [0.1, 0.15) is 38.2 Å². The molecule has 0 bridgehead atoms. The molecule has 23 heteroatoms. The van der Waals surface area contributed by atoms with Crippen molar-refractivity contribution >= 4 is 85.7 Å². The standard InChI is InChI=1S/C50H44N4O15S4/c1-25-19-27(3)48(53-70(59,60)33-14-12-32(55)13-15-33)29(5)46(25)51-31-11-17-35-41(21-31)69-42-24-39(44(73(66,67)68)23-38(42)45(35)36-9-7-8-10-43(36)72(63,64)65)52-47-26(2)20-28(4)49(30(47)6)54-71(61,62)34-16-18-40(56)37(22-34)50(57)58/h7-24,51,53-56H,1-6H3,(H,57,58)(H,63,64,65)(H,66,67,68)/b52-39-. The van der Waals surface area contributed by atoms with Gasteiger partial charge >= 0.3 is 5.97 Å². The smallest absolute Gasteiger partial charge is 0.339 e. The van der Waals surface area contributed by atoms with Crippen molar-refractivity contribution in [1.29, 1.82) is 0 Å². The molecule has 0 fully saturated rings. The number of aryl methyl sites for hydroxylation is 4. The topological polar surface area (TPSA) is 316 Å². The van der Waals surface area contributed by atoms with Crippen LogP contribution in [0.1, 0.15) is 43.7 Å². The number of fused-ring (bicyclic) bond motifs is 2. The molecule has 1 heterocycles. The molecule has 0 radical (unpaired) electrons. The highest BCUT2D eigenvalue weighted by atomic mass is 32.2. The summed E-state index contributed by atoms with van der Waals surface area (Å²) in [6.45, 7) is 9.95. The lowest BCUT2D eigenvalue weighted by Crippen LogP contribution is -2.17. The van der Waals surface area contributed by atoms with Crippen LogP contribution in [0.4, 0.5) is 28.4 Å². The summed E-state index contributed by atoms with van der Waals surface area (Å²) in [5.41, 5.74) is 3.36. The van der Waals surface area contributed by atoms with Crippen LogP contribution in [0.15, 0.2) is 138 Å². The number of benzene rings is 7. The lowest BCUT2D eigenvalue weighted by Gasteiger charge is -2.21. The molecule has 2 aliphatic rings. The molecule has 1 aliphatic carbocycles. The molecule has 0 amide bonds. The van der Waals surface area contributed by atoms with E-state index in [9.17, 15) is 62.9 Å². The fraction of sp³-hybridized carbons (Fsp3) is 0.120. The van der Waals surface area contributed by atoms with Crippen molar-refractivity contribution in [2.24, 2.45) is 4.99 Å². The van der Waals surface area contributed by atoms with E-state index in [0.717, 1.165) is 35.9 Å². The Morgan fingerprint density at radius 1 is 0.575 bits per heavy atom. The number of phenolic OH excluding ortho intramolecular Hbond substituents is 1. The third-order valence-electron chi connectivity index (χ3n) is 12.0. The maximum Gasteiger partial charge on any atom is 0.339 e. The van der Waals surface area contributed by atoms with Crippen molar-refractivity contribution < 1.29 is 67.3 Å². The van der Waals surface area contributed by atoms with Crippen molar-refractivity contribution in [3.05, 3.63) is 153 Å². The fourth-order valence-corrected chi connectivity index (χ4v) is 12.4. The number of aromatic hydroxyl groups is 2. The Morgan fingerprint density at radius 2 is 1.15 bits per heavy atom. The van der Waals surface area contributed by atoms with Crippen LogP contribution in [0.2, 0.25) is 0 Å². The van der Waals surface area contributed by atoms with E-state index in [1.165, 1.54) is 55.5 Å². The average molecular weight is 1070 g/mol. The minimum atomic E-state index is -5.19. The Morgan fingerprint density at radius 3 is 1.78 bits per heavy atom. The summed E-state index contributed by atoms with van der Waals surface area (Å²) in [7, 11) is -18.8. The molecule has 0 unspecified atom stereocenters. The Bertz CT molecular complexity index is 4160. The minimum absolute atomic E-state index is 0.00997. The van der Waals surface area contributed by atoms with Gasteiger partial charge in [0.05, 0.1) is 32.2 Å². The van der Waals surface area contributed by atoms with E-state index in [1.807, 2.05) is 6.92 Å². The molecule has 8 rings (SSSR count). The van der Waals surface area contributed by atoms with Gasteiger partial charge in [-0.15, -0.1) is 0 Å². The van der Waals surface area contributed by atoms with Gasteiger partial charge in [0.15, 0.2) is 0 Å². The van der Waals surface area contributed by atoms with Gasteiger partial charge in [-0.05, 0) is 142 Å². The molecule has 0 spiro atoms. The van der Waals surface area contributed by atoms with E-state index in [4.69, 9.17) is 4.42 Å². The predicted octanol–water partition coefficient (Wildman–Crippen LogP) is 9.24. The van der Waals surface area contributed by atoms with Crippen molar-refractivity contribution in [3.63, 3.8) is 0 Å². The quantitative estimate of drug-likeness (QED) is 0.0394. The van der Waals surface area contributed by atoms with Gasteiger partial charge in [-0.3, -0.25) is 18.5 Å². The van der Waals surface area contributed by atoms with Gasteiger partial charge in [-0.1, -0.05) is 30.3 Å². The van der Waals surface area contributed by atoms with E-state index in [0.29, 0.717) is 33.6 Å². The Balaban J connectivity index is 1.33. The third-order valence-corrected chi connectivity index (χ3v) is 16.6. The maximum absolute atomic E-state index is 13.7. The van der Waals surface area contributed by atoms with E-state index >= 15 is 0 Å².